The van der Waals surface area contributed by atoms with Crippen molar-refractivity contribution in [1.29, 1.82) is 0 Å². The number of amides is 1. The van der Waals surface area contributed by atoms with Crippen molar-refractivity contribution < 1.29 is 27.5 Å². The summed E-state index contributed by atoms with van der Waals surface area (Å²) in [5.74, 6) is -3.10. The van der Waals surface area contributed by atoms with Crippen molar-refractivity contribution in [3.05, 3.63) is 29.1 Å². The normalized spacial score (nSPS) is 11.2. The first-order valence-corrected chi connectivity index (χ1v) is 7.47. The van der Waals surface area contributed by atoms with Gasteiger partial charge in [0.25, 0.3) is 0 Å². The lowest BCUT2D eigenvalue weighted by Crippen LogP contribution is -2.36. The van der Waals surface area contributed by atoms with Gasteiger partial charge in [-0.1, -0.05) is 0 Å². The van der Waals surface area contributed by atoms with E-state index in [9.17, 15) is 22.4 Å². The molecule has 0 aromatic heterocycles. The van der Waals surface area contributed by atoms with Gasteiger partial charge < -0.3 is 10.4 Å². The van der Waals surface area contributed by atoms with Gasteiger partial charge in [0.2, 0.25) is 15.9 Å². The Bertz CT molecular complexity index is 672. The summed E-state index contributed by atoms with van der Waals surface area (Å²) in [7, 11) is -4.11. The number of hydrogen-bond acceptors (Lipinski definition) is 4. The first kappa shape index (κ1) is 17.1. The number of carboxylic acid groups (broad SMARTS) is 1. The molecular weight excluding hydrogens is 303 g/mol. The molecule has 1 rings (SSSR count). The highest BCUT2D eigenvalue weighted by Crippen LogP contribution is 2.19. The molecule has 0 aliphatic carbocycles. The van der Waals surface area contributed by atoms with Gasteiger partial charge >= 0.3 is 5.97 Å². The molecule has 0 unspecified atom stereocenters. The minimum atomic E-state index is -4.11. The number of hydrogen-bond donors (Lipinski definition) is 3. The summed E-state index contributed by atoms with van der Waals surface area (Å²) in [6.45, 7) is 2.79. The van der Waals surface area contributed by atoms with E-state index in [1.165, 1.54) is 6.92 Å². The lowest BCUT2D eigenvalue weighted by molar-refractivity contribution is -0.119. The fourth-order valence-corrected chi connectivity index (χ4v) is 2.64. The molecule has 0 fully saturated rings. The third-order valence-corrected chi connectivity index (χ3v) is 3.95. The quantitative estimate of drug-likeness (QED) is 0.696. The molecule has 9 heteroatoms. The Morgan fingerprint density at radius 2 is 1.95 bits per heavy atom. The SMILES string of the molecule is CCNC(=O)CNS(=O)(=O)c1cc(C)c(F)c(C(=O)O)c1. The van der Waals surface area contributed by atoms with Crippen molar-refractivity contribution in [2.24, 2.45) is 0 Å². The van der Waals surface area contributed by atoms with E-state index in [0.29, 0.717) is 12.6 Å². The molecule has 7 nitrogen and oxygen atoms in total. The summed E-state index contributed by atoms with van der Waals surface area (Å²) in [6, 6.07) is 1.71. The van der Waals surface area contributed by atoms with Crippen molar-refractivity contribution >= 4 is 21.9 Å². The van der Waals surface area contributed by atoms with Crippen LogP contribution in [-0.4, -0.2) is 38.5 Å². The van der Waals surface area contributed by atoms with E-state index in [1.807, 2.05) is 4.72 Å². The van der Waals surface area contributed by atoms with Crippen molar-refractivity contribution in [1.82, 2.24) is 10.0 Å². The molecule has 1 aromatic carbocycles. The summed E-state index contributed by atoms with van der Waals surface area (Å²) in [5.41, 5.74) is -0.860. The van der Waals surface area contributed by atoms with Gasteiger partial charge in [-0.05, 0) is 31.5 Å². The Labute approximate surface area is 121 Å². The fourth-order valence-electron chi connectivity index (χ4n) is 1.55. The second-order valence-electron chi connectivity index (χ2n) is 4.18. The molecule has 0 heterocycles. The molecule has 0 spiro atoms. The molecule has 0 radical (unpaired) electrons. The van der Waals surface area contributed by atoms with Gasteiger partial charge in [-0.3, -0.25) is 4.79 Å². The third-order valence-electron chi connectivity index (χ3n) is 2.57. The summed E-state index contributed by atoms with van der Waals surface area (Å²) in [6.07, 6.45) is 0. The topological polar surface area (TPSA) is 113 Å². The second-order valence-corrected chi connectivity index (χ2v) is 5.95. The highest BCUT2D eigenvalue weighted by molar-refractivity contribution is 7.89. The van der Waals surface area contributed by atoms with E-state index in [1.54, 1.807) is 6.92 Å². The molecule has 0 aliphatic heterocycles. The summed E-state index contributed by atoms with van der Waals surface area (Å²) in [4.78, 5) is 21.7. The van der Waals surface area contributed by atoms with E-state index in [-0.39, 0.29) is 5.56 Å². The maximum atomic E-state index is 13.6. The first-order chi connectivity index (χ1) is 9.69. The van der Waals surface area contributed by atoms with Crippen molar-refractivity contribution in [3.8, 4) is 0 Å². The number of likely N-dealkylation sites (N-methyl/N-ethyl adjacent to an activating group) is 1. The minimum absolute atomic E-state index is 0.117. The van der Waals surface area contributed by atoms with Crippen LogP contribution in [0.5, 0.6) is 0 Å². The van der Waals surface area contributed by atoms with E-state index in [0.717, 1.165) is 6.07 Å². The molecule has 0 saturated carbocycles. The maximum absolute atomic E-state index is 13.6. The largest absolute Gasteiger partial charge is 0.478 e. The summed E-state index contributed by atoms with van der Waals surface area (Å²) in [5, 5.41) is 11.2. The number of carbonyl (C=O) groups is 2. The fraction of sp³-hybridized carbons (Fsp3) is 0.333. The van der Waals surface area contributed by atoms with E-state index in [4.69, 9.17) is 5.11 Å². The Morgan fingerprint density at radius 1 is 1.33 bits per heavy atom. The number of sulfonamides is 1. The zero-order chi connectivity index (χ0) is 16.2. The Balaban J connectivity index is 3.09. The van der Waals surface area contributed by atoms with Gasteiger partial charge in [-0.15, -0.1) is 0 Å². The molecule has 0 aliphatic rings. The number of nitrogens with one attached hydrogen (secondary N) is 2. The van der Waals surface area contributed by atoms with Crippen LogP contribution >= 0.6 is 0 Å². The molecule has 0 atom stereocenters. The highest BCUT2D eigenvalue weighted by Gasteiger charge is 2.21. The van der Waals surface area contributed by atoms with Crippen molar-refractivity contribution in [3.63, 3.8) is 0 Å². The van der Waals surface area contributed by atoms with Crippen LogP contribution in [-0.2, 0) is 14.8 Å². The number of halogens is 1. The van der Waals surface area contributed by atoms with Crippen molar-refractivity contribution in [2.75, 3.05) is 13.1 Å². The van der Waals surface area contributed by atoms with Gasteiger partial charge in [-0.25, -0.2) is 22.3 Å². The van der Waals surface area contributed by atoms with Gasteiger partial charge in [0.1, 0.15) is 5.82 Å². The van der Waals surface area contributed by atoms with Crippen molar-refractivity contribution in [2.45, 2.75) is 18.7 Å². The van der Waals surface area contributed by atoms with Crippen LogP contribution in [0.15, 0.2) is 17.0 Å². The molecule has 21 heavy (non-hydrogen) atoms. The van der Waals surface area contributed by atoms with Crippen LogP contribution in [0.1, 0.15) is 22.8 Å². The number of rotatable bonds is 6. The molecule has 0 saturated heterocycles. The van der Waals surface area contributed by atoms with Gasteiger partial charge in [-0.2, -0.15) is 0 Å². The molecule has 116 valence electrons. The van der Waals surface area contributed by atoms with Gasteiger partial charge in [0, 0.05) is 6.54 Å². The Hall–Kier alpha value is -2.00. The zero-order valence-corrected chi connectivity index (χ0v) is 12.3. The first-order valence-electron chi connectivity index (χ1n) is 5.98. The van der Waals surface area contributed by atoms with Crippen LogP contribution in [0.2, 0.25) is 0 Å². The van der Waals surface area contributed by atoms with E-state index in [2.05, 4.69) is 5.32 Å². The predicted molar refractivity (Wildman–Crippen MR) is 72.0 cm³/mol. The predicted octanol–water partition coefficient (Wildman–Crippen LogP) is 0.247. The number of carboxylic acids is 1. The van der Waals surface area contributed by atoms with Gasteiger partial charge in [0.05, 0.1) is 17.0 Å². The minimum Gasteiger partial charge on any atom is -0.478 e. The zero-order valence-electron chi connectivity index (χ0n) is 11.4. The summed E-state index contributed by atoms with van der Waals surface area (Å²) < 4.78 is 39.5. The highest BCUT2D eigenvalue weighted by atomic mass is 32.2. The average molecular weight is 318 g/mol. The number of carbonyl (C=O) groups excluding carboxylic acids is 1. The van der Waals surface area contributed by atoms with Crippen LogP contribution in [0.3, 0.4) is 0 Å². The number of aryl methyl sites for hydroxylation is 1. The van der Waals surface area contributed by atoms with Crippen LogP contribution in [0.4, 0.5) is 4.39 Å². The van der Waals surface area contributed by atoms with Gasteiger partial charge in [0.15, 0.2) is 0 Å². The second kappa shape index (κ2) is 6.64. The number of aromatic carboxylic acids is 1. The lowest BCUT2D eigenvalue weighted by Gasteiger charge is -2.09. The Kier molecular flexibility index (Phi) is 5.39. The number of benzene rings is 1. The molecule has 1 amide bonds. The third kappa shape index (κ3) is 4.23. The van der Waals surface area contributed by atoms with E-state index < -0.39 is 44.7 Å². The van der Waals surface area contributed by atoms with E-state index >= 15 is 0 Å². The maximum Gasteiger partial charge on any atom is 0.338 e. The Morgan fingerprint density at radius 3 is 2.48 bits per heavy atom. The molecular formula is C12H15FN2O5S. The molecule has 3 N–H and O–H groups in total. The van der Waals surface area contributed by atoms with Crippen LogP contribution < -0.4 is 10.0 Å². The standard InChI is InChI=1S/C12H15FN2O5S/c1-3-14-10(16)6-15-21(19,20)8-4-7(2)11(13)9(5-8)12(17)18/h4-5,15H,3,6H2,1-2H3,(H,14,16)(H,17,18). The average Bonchev–Trinajstić information content (AvgIpc) is 2.39. The van der Waals surface area contributed by atoms with Crippen LogP contribution in [0.25, 0.3) is 0 Å². The monoisotopic (exact) mass is 318 g/mol. The smallest absolute Gasteiger partial charge is 0.338 e. The lowest BCUT2D eigenvalue weighted by atomic mass is 10.1. The van der Waals surface area contributed by atoms with Crippen LogP contribution in [0, 0.1) is 12.7 Å². The molecule has 1 aromatic rings. The summed E-state index contributed by atoms with van der Waals surface area (Å²) >= 11 is 0. The molecule has 0 bridgehead atoms.